The van der Waals surface area contributed by atoms with Gasteiger partial charge >= 0.3 is 37.9 Å². The van der Waals surface area contributed by atoms with Crippen molar-refractivity contribution in [3.05, 3.63) is 148 Å². The summed E-state index contributed by atoms with van der Waals surface area (Å²) in [5, 5.41) is 0. The van der Waals surface area contributed by atoms with Crippen LogP contribution in [0.1, 0.15) is 57.1 Å². The second-order valence-electron chi connectivity index (χ2n) is 13.1. The van der Waals surface area contributed by atoms with E-state index in [1.54, 1.807) is 0 Å². The summed E-state index contributed by atoms with van der Waals surface area (Å²) in [6.07, 6.45) is 27.8. The van der Waals surface area contributed by atoms with E-state index in [4.69, 9.17) is 17.0 Å². The number of hydrogen-bond acceptors (Lipinski definition) is 0. The Morgan fingerprint density at radius 2 is 1.14 bits per heavy atom. The average Bonchev–Trinajstić information content (AvgIpc) is 3.64. The van der Waals surface area contributed by atoms with Gasteiger partial charge in [0.2, 0.25) is 0 Å². The number of rotatable bonds is 8. The first-order valence-corrected chi connectivity index (χ1v) is 21.7. The third-order valence-corrected chi connectivity index (χ3v) is 10.9. The van der Waals surface area contributed by atoms with Crippen molar-refractivity contribution in [2.24, 2.45) is 46.8 Å². The number of hydrogen-bond donors (Lipinski definition) is 0. The van der Waals surface area contributed by atoms with Crippen LogP contribution in [-0.2, 0) is 26.3 Å². The fourth-order valence-electron chi connectivity index (χ4n) is 9.14. The SMILES string of the molecule is C=CCCC(C)(C)C1CCC(C(c2ccccc2)(c2ccccc2)C2C3C=CC=CC3C3C=CC=CC32)C1.[CH3-].[CH3-].[Cl][Zr+2][Cl]. The Bertz CT molecular complexity index is 1180. The van der Waals surface area contributed by atoms with Crippen LogP contribution in [0.4, 0.5) is 0 Å². The van der Waals surface area contributed by atoms with Gasteiger partial charge in [-0.1, -0.05) is 129 Å². The summed E-state index contributed by atoms with van der Waals surface area (Å²) in [5.74, 6) is 4.10. The van der Waals surface area contributed by atoms with Crippen LogP contribution in [0.5, 0.6) is 0 Å². The Hall–Kier alpha value is -1.40. The van der Waals surface area contributed by atoms with Gasteiger partial charge in [0.15, 0.2) is 0 Å². The monoisotopic (exact) mass is 690 g/mol. The molecule has 0 bridgehead atoms. The second-order valence-corrected chi connectivity index (χ2v) is 16.8. The summed E-state index contributed by atoms with van der Waals surface area (Å²) in [6, 6.07) is 23.3. The van der Waals surface area contributed by atoms with Gasteiger partial charge < -0.3 is 14.9 Å². The van der Waals surface area contributed by atoms with Crippen LogP contribution in [0, 0.1) is 61.7 Å². The molecule has 4 aliphatic carbocycles. The Labute approximate surface area is 282 Å². The molecule has 0 nitrogen and oxygen atoms in total. The molecular weight excluding hydrogens is 643 g/mol. The molecule has 0 N–H and O–H groups in total. The summed E-state index contributed by atoms with van der Waals surface area (Å²) in [7, 11) is 9.87. The molecular formula is C40H50Cl2Zr. The third kappa shape index (κ3) is 7.06. The molecule has 6 atom stereocenters. The summed E-state index contributed by atoms with van der Waals surface area (Å²) in [4.78, 5) is 0. The summed E-state index contributed by atoms with van der Waals surface area (Å²) >= 11 is -0.826. The zero-order valence-electron chi connectivity index (χ0n) is 26.5. The molecule has 0 heterocycles. The first-order valence-electron chi connectivity index (χ1n) is 15.4. The average molecular weight is 693 g/mol. The van der Waals surface area contributed by atoms with Crippen molar-refractivity contribution in [1.29, 1.82) is 0 Å². The Balaban J connectivity index is 0.000000973. The minimum atomic E-state index is -0.826. The standard InChI is InChI=1S/C38H44.2CH3.2ClH.Zr/c1-4-5-26-37(2,3)30-24-25-31(27-30)38(28-16-8-6-9-17-28,29-18-10-7-11-19-29)36-34-22-14-12-20-32(34)33-21-13-15-23-35(33)36;;;;;/h4,6-23,30-36H,1,5,24-27H2,2-3H3;2*1H3;2*1H;/q;2*-1;;;+4/p-2. The van der Waals surface area contributed by atoms with Crippen LogP contribution in [0.2, 0.25) is 0 Å². The van der Waals surface area contributed by atoms with Gasteiger partial charge in [-0.2, -0.15) is 0 Å². The Morgan fingerprint density at radius 1 is 0.721 bits per heavy atom. The summed E-state index contributed by atoms with van der Waals surface area (Å²) in [5.41, 5.74) is 3.36. The van der Waals surface area contributed by atoms with Crippen LogP contribution < -0.4 is 0 Å². The van der Waals surface area contributed by atoms with Crippen molar-refractivity contribution >= 4 is 17.0 Å². The molecule has 0 amide bonds. The molecule has 6 unspecified atom stereocenters. The zero-order chi connectivity index (χ0) is 28.9. The number of fused-ring (bicyclic) bond motifs is 3. The predicted molar refractivity (Wildman–Crippen MR) is 186 cm³/mol. The molecule has 228 valence electrons. The van der Waals surface area contributed by atoms with Crippen LogP contribution in [0.15, 0.2) is 122 Å². The van der Waals surface area contributed by atoms with Gasteiger partial charge in [-0.15, -0.1) is 6.58 Å². The van der Waals surface area contributed by atoms with Crippen molar-refractivity contribution in [3.8, 4) is 0 Å². The molecule has 4 aliphatic rings. The minimum absolute atomic E-state index is 0. The van der Waals surface area contributed by atoms with Gasteiger partial charge in [0, 0.05) is 5.41 Å². The van der Waals surface area contributed by atoms with E-state index in [2.05, 4.69) is 136 Å². The molecule has 2 aromatic rings. The number of allylic oxidation sites excluding steroid dienone is 9. The van der Waals surface area contributed by atoms with Crippen molar-refractivity contribution in [2.75, 3.05) is 0 Å². The number of benzene rings is 2. The van der Waals surface area contributed by atoms with E-state index >= 15 is 0 Å². The van der Waals surface area contributed by atoms with Crippen LogP contribution >= 0.6 is 17.0 Å². The predicted octanol–water partition coefficient (Wildman–Crippen LogP) is 12.0. The Morgan fingerprint density at radius 3 is 1.58 bits per heavy atom. The van der Waals surface area contributed by atoms with Gasteiger partial charge in [0.05, 0.1) is 0 Å². The molecule has 0 aromatic heterocycles. The van der Waals surface area contributed by atoms with Crippen LogP contribution in [0.25, 0.3) is 0 Å². The van der Waals surface area contributed by atoms with E-state index in [0.717, 1.165) is 12.3 Å². The quantitative estimate of drug-likeness (QED) is 0.191. The molecule has 2 aromatic carbocycles. The second kappa shape index (κ2) is 16.2. The van der Waals surface area contributed by atoms with Gasteiger partial charge in [-0.05, 0) is 90.1 Å². The van der Waals surface area contributed by atoms with Crippen LogP contribution in [0.3, 0.4) is 0 Å². The Kier molecular flexibility index (Phi) is 13.6. The fraction of sp³-hybridized carbons (Fsp3) is 0.400. The van der Waals surface area contributed by atoms with E-state index in [9.17, 15) is 0 Å². The first-order chi connectivity index (χ1) is 20.0. The van der Waals surface area contributed by atoms with Crippen molar-refractivity contribution in [1.82, 2.24) is 0 Å². The molecule has 2 fully saturated rings. The van der Waals surface area contributed by atoms with Crippen LogP contribution in [-0.4, -0.2) is 0 Å². The zero-order valence-corrected chi connectivity index (χ0v) is 30.5. The maximum atomic E-state index is 4.93. The first kappa shape index (κ1) is 36.1. The van der Waals surface area contributed by atoms with Gasteiger partial charge in [-0.25, -0.2) is 0 Å². The molecule has 0 saturated heterocycles. The van der Waals surface area contributed by atoms with E-state index in [1.165, 1.54) is 36.8 Å². The molecule has 6 rings (SSSR count). The molecule has 0 aliphatic heterocycles. The van der Waals surface area contributed by atoms with Crippen molar-refractivity contribution < 1.29 is 20.8 Å². The summed E-state index contributed by atoms with van der Waals surface area (Å²) in [6.45, 7) is 9.06. The van der Waals surface area contributed by atoms with E-state index in [1.807, 2.05) is 0 Å². The van der Waals surface area contributed by atoms with E-state index < -0.39 is 20.8 Å². The van der Waals surface area contributed by atoms with E-state index in [0.29, 0.717) is 40.9 Å². The maximum absolute atomic E-state index is 4.93. The van der Waals surface area contributed by atoms with E-state index in [-0.39, 0.29) is 20.3 Å². The van der Waals surface area contributed by atoms with Crippen molar-refractivity contribution in [3.63, 3.8) is 0 Å². The summed E-state index contributed by atoms with van der Waals surface area (Å²) < 4.78 is 0. The van der Waals surface area contributed by atoms with Gasteiger partial charge in [0.1, 0.15) is 0 Å². The molecule has 3 heteroatoms. The molecule has 2 saturated carbocycles. The van der Waals surface area contributed by atoms with Crippen molar-refractivity contribution in [2.45, 2.75) is 51.4 Å². The third-order valence-electron chi connectivity index (χ3n) is 10.9. The fourth-order valence-corrected chi connectivity index (χ4v) is 9.14. The van der Waals surface area contributed by atoms with Gasteiger partial charge in [-0.3, -0.25) is 0 Å². The molecule has 43 heavy (non-hydrogen) atoms. The normalized spacial score (nSPS) is 28.3. The molecule has 0 spiro atoms. The van der Waals surface area contributed by atoms with Gasteiger partial charge in [0.25, 0.3) is 0 Å². The topological polar surface area (TPSA) is 0 Å². The number of halogens is 2. The molecule has 0 radical (unpaired) electrons.